The number of hydrogen-bond acceptors (Lipinski definition) is 2. The summed E-state index contributed by atoms with van der Waals surface area (Å²) in [4.78, 5) is 16.8. The molecular weight excluding hydrogens is 382 g/mol. The van der Waals surface area contributed by atoms with E-state index in [2.05, 4.69) is 41.4 Å². The molecule has 0 amide bonds. The van der Waals surface area contributed by atoms with Gasteiger partial charge in [-0.25, -0.2) is 4.79 Å². The van der Waals surface area contributed by atoms with Crippen LogP contribution in [0.5, 0.6) is 0 Å². The van der Waals surface area contributed by atoms with Gasteiger partial charge in [0.15, 0.2) is 0 Å². The maximum absolute atomic E-state index is 12.4. The Hall–Kier alpha value is -3.72. The molecule has 0 aliphatic heterocycles. The highest BCUT2D eigenvalue weighted by Crippen LogP contribution is 2.37. The van der Waals surface area contributed by atoms with Gasteiger partial charge in [0.1, 0.15) is 0 Å². The Balaban J connectivity index is 1.53. The van der Waals surface area contributed by atoms with Crippen molar-refractivity contribution in [1.82, 2.24) is 4.98 Å². The summed E-state index contributed by atoms with van der Waals surface area (Å²) in [5, 5.41) is 10.1. The maximum Gasteiger partial charge on any atom is 0.338 e. The van der Waals surface area contributed by atoms with Gasteiger partial charge >= 0.3 is 5.97 Å². The van der Waals surface area contributed by atoms with E-state index in [4.69, 9.17) is 0 Å². The van der Waals surface area contributed by atoms with Gasteiger partial charge in [0.25, 0.3) is 0 Å². The van der Waals surface area contributed by atoms with Gasteiger partial charge in [-0.15, -0.1) is 0 Å². The number of rotatable bonds is 4. The molecule has 0 spiro atoms. The first-order chi connectivity index (χ1) is 15.2. The second kappa shape index (κ2) is 8.19. The van der Waals surface area contributed by atoms with Crippen LogP contribution in [0.25, 0.3) is 22.4 Å². The average Bonchev–Trinajstić information content (AvgIpc) is 2.84. The molecule has 3 aromatic carbocycles. The fourth-order valence-electron chi connectivity index (χ4n) is 4.67. The van der Waals surface area contributed by atoms with Crippen LogP contribution >= 0.6 is 0 Å². The molecule has 0 radical (unpaired) electrons. The molecule has 1 atom stereocenters. The quantitative estimate of drug-likeness (QED) is 0.428. The summed E-state index contributed by atoms with van der Waals surface area (Å²) in [6, 6.07) is 28.5. The molecule has 1 N–H and O–H groups in total. The van der Waals surface area contributed by atoms with Crippen molar-refractivity contribution >= 4 is 5.97 Å². The topological polar surface area (TPSA) is 50.2 Å². The zero-order valence-corrected chi connectivity index (χ0v) is 17.2. The summed E-state index contributed by atoms with van der Waals surface area (Å²) in [5.41, 5.74) is 7.52. The lowest BCUT2D eigenvalue weighted by molar-refractivity contribution is 0.0695. The zero-order chi connectivity index (χ0) is 21.2. The summed E-state index contributed by atoms with van der Waals surface area (Å²) in [6.45, 7) is 0. The first-order valence-electron chi connectivity index (χ1n) is 10.7. The molecule has 5 rings (SSSR count). The van der Waals surface area contributed by atoms with E-state index in [1.165, 1.54) is 11.1 Å². The molecule has 0 saturated carbocycles. The lowest BCUT2D eigenvalue weighted by Crippen LogP contribution is -2.17. The van der Waals surface area contributed by atoms with E-state index >= 15 is 0 Å². The number of carbonyl (C=O) groups is 1. The van der Waals surface area contributed by atoms with Gasteiger partial charge in [-0.1, -0.05) is 78.9 Å². The van der Waals surface area contributed by atoms with Gasteiger partial charge in [-0.05, 0) is 59.1 Å². The van der Waals surface area contributed by atoms with Crippen molar-refractivity contribution in [2.75, 3.05) is 0 Å². The number of carboxylic acids is 1. The zero-order valence-electron chi connectivity index (χ0n) is 17.2. The molecule has 3 nitrogen and oxygen atoms in total. The number of nitrogens with zero attached hydrogens (tertiary/aromatic N) is 1. The molecule has 3 heteroatoms. The third kappa shape index (κ3) is 3.75. The third-order valence-electron chi connectivity index (χ3n) is 6.25. The number of fused-ring (bicyclic) bond motifs is 1. The van der Waals surface area contributed by atoms with Crippen molar-refractivity contribution in [1.29, 1.82) is 0 Å². The molecule has 0 saturated heterocycles. The predicted octanol–water partition coefficient (Wildman–Crippen LogP) is 6.39. The number of aromatic nitrogens is 1. The minimum Gasteiger partial charge on any atom is -0.478 e. The summed E-state index contributed by atoms with van der Waals surface area (Å²) < 4.78 is 0. The molecule has 1 aromatic heterocycles. The van der Waals surface area contributed by atoms with Crippen LogP contribution in [0, 0.1) is 0 Å². The number of benzene rings is 3. The first kappa shape index (κ1) is 19.3. The van der Waals surface area contributed by atoms with Gasteiger partial charge < -0.3 is 5.11 Å². The van der Waals surface area contributed by atoms with Crippen LogP contribution in [-0.4, -0.2) is 16.1 Å². The first-order valence-corrected chi connectivity index (χ1v) is 10.7. The van der Waals surface area contributed by atoms with Gasteiger partial charge in [0.2, 0.25) is 0 Å². The molecule has 152 valence electrons. The van der Waals surface area contributed by atoms with Crippen LogP contribution in [0.2, 0.25) is 0 Å². The van der Waals surface area contributed by atoms with Crippen LogP contribution in [0.15, 0.2) is 91.1 Å². The predicted molar refractivity (Wildman–Crippen MR) is 123 cm³/mol. The Morgan fingerprint density at radius 1 is 0.774 bits per heavy atom. The SMILES string of the molecule is O=C(O)c1c(C2CCc3ccccc3C2)ccnc1-c1ccc(-c2ccccc2)cc1. The van der Waals surface area contributed by atoms with Crippen molar-refractivity contribution in [3.63, 3.8) is 0 Å². The van der Waals surface area contributed by atoms with E-state index in [0.717, 1.165) is 41.5 Å². The monoisotopic (exact) mass is 405 g/mol. The lowest BCUT2D eigenvalue weighted by Gasteiger charge is -2.26. The fourth-order valence-corrected chi connectivity index (χ4v) is 4.67. The van der Waals surface area contributed by atoms with Crippen molar-refractivity contribution in [3.8, 4) is 22.4 Å². The van der Waals surface area contributed by atoms with E-state index in [1.54, 1.807) is 6.20 Å². The smallest absolute Gasteiger partial charge is 0.338 e. The molecule has 0 bridgehead atoms. The Kier molecular flexibility index (Phi) is 5.09. The highest BCUT2D eigenvalue weighted by Gasteiger charge is 2.26. The minimum atomic E-state index is -0.913. The third-order valence-corrected chi connectivity index (χ3v) is 6.25. The van der Waals surface area contributed by atoms with E-state index in [9.17, 15) is 9.90 Å². The number of carboxylic acid groups (broad SMARTS) is 1. The Morgan fingerprint density at radius 3 is 2.16 bits per heavy atom. The molecule has 1 heterocycles. The van der Waals surface area contributed by atoms with Crippen LogP contribution in [-0.2, 0) is 12.8 Å². The van der Waals surface area contributed by atoms with Gasteiger partial charge in [-0.3, -0.25) is 4.98 Å². The number of hydrogen-bond donors (Lipinski definition) is 1. The lowest BCUT2D eigenvalue weighted by atomic mass is 9.78. The summed E-state index contributed by atoms with van der Waals surface area (Å²) >= 11 is 0. The van der Waals surface area contributed by atoms with E-state index in [1.807, 2.05) is 48.5 Å². The van der Waals surface area contributed by atoms with Gasteiger partial charge in [0.05, 0.1) is 11.3 Å². The Bertz CT molecular complexity index is 1230. The van der Waals surface area contributed by atoms with E-state index < -0.39 is 5.97 Å². The molecule has 0 fully saturated rings. The fraction of sp³-hybridized carbons (Fsp3) is 0.143. The number of aromatic carboxylic acids is 1. The summed E-state index contributed by atoms with van der Waals surface area (Å²) in [7, 11) is 0. The standard InChI is InChI=1S/C28H23NO2/c30-28(31)26-25(24-15-12-20-8-4-5-9-23(20)18-24)16-17-29-27(26)22-13-10-21(11-14-22)19-6-2-1-3-7-19/h1-11,13-14,16-17,24H,12,15,18H2,(H,30,31). The number of aryl methyl sites for hydroxylation is 1. The Labute approximate surface area is 182 Å². The largest absolute Gasteiger partial charge is 0.478 e. The van der Waals surface area contributed by atoms with Crippen LogP contribution in [0.1, 0.15) is 39.4 Å². The summed E-state index contributed by atoms with van der Waals surface area (Å²) in [6.07, 6.45) is 4.55. The van der Waals surface area contributed by atoms with Crippen molar-refractivity contribution < 1.29 is 9.90 Å². The second-order valence-corrected chi connectivity index (χ2v) is 8.08. The van der Waals surface area contributed by atoms with Crippen molar-refractivity contribution in [2.45, 2.75) is 25.2 Å². The molecular formula is C28H23NO2. The van der Waals surface area contributed by atoms with Gasteiger partial charge in [0, 0.05) is 11.8 Å². The molecule has 31 heavy (non-hydrogen) atoms. The highest BCUT2D eigenvalue weighted by molar-refractivity contribution is 5.96. The minimum absolute atomic E-state index is 0.186. The van der Waals surface area contributed by atoms with Crippen molar-refractivity contribution in [2.24, 2.45) is 0 Å². The molecule has 1 aliphatic carbocycles. The number of pyridine rings is 1. The van der Waals surface area contributed by atoms with Gasteiger partial charge in [-0.2, -0.15) is 0 Å². The van der Waals surface area contributed by atoms with Crippen molar-refractivity contribution in [3.05, 3.63) is 113 Å². The molecule has 1 aliphatic rings. The maximum atomic E-state index is 12.4. The normalized spacial score (nSPS) is 15.3. The summed E-state index contributed by atoms with van der Waals surface area (Å²) in [5.74, 6) is -0.726. The van der Waals surface area contributed by atoms with Crippen LogP contribution in [0.3, 0.4) is 0 Å². The Morgan fingerprint density at radius 2 is 1.42 bits per heavy atom. The second-order valence-electron chi connectivity index (χ2n) is 8.08. The van der Waals surface area contributed by atoms with E-state index in [-0.39, 0.29) is 5.92 Å². The molecule has 1 unspecified atom stereocenters. The molecule has 4 aromatic rings. The van der Waals surface area contributed by atoms with Crippen LogP contribution < -0.4 is 0 Å². The van der Waals surface area contributed by atoms with E-state index in [0.29, 0.717) is 11.3 Å². The highest BCUT2D eigenvalue weighted by atomic mass is 16.4. The average molecular weight is 405 g/mol. The van der Waals surface area contributed by atoms with Crippen LogP contribution in [0.4, 0.5) is 0 Å².